The van der Waals surface area contributed by atoms with E-state index in [1.165, 1.54) is 36.4 Å². The predicted octanol–water partition coefficient (Wildman–Crippen LogP) is 4.92. The van der Waals surface area contributed by atoms with E-state index >= 15 is 0 Å². The maximum Gasteiger partial charge on any atom is 0.331 e. The van der Waals surface area contributed by atoms with E-state index in [1.807, 2.05) is 30.3 Å². The number of benzene rings is 3. The Balaban J connectivity index is 1.38. The second kappa shape index (κ2) is 9.35. The molecule has 0 unspecified atom stereocenters. The van der Waals surface area contributed by atoms with Crippen LogP contribution in [0.3, 0.4) is 0 Å². The fourth-order valence-electron chi connectivity index (χ4n) is 3.73. The van der Waals surface area contributed by atoms with Crippen molar-refractivity contribution in [3.63, 3.8) is 0 Å². The maximum absolute atomic E-state index is 12.3. The second-order valence-electron chi connectivity index (χ2n) is 7.33. The van der Waals surface area contributed by atoms with Gasteiger partial charge in [-0.3, -0.25) is 14.9 Å². The minimum atomic E-state index is -0.690. The van der Waals surface area contributed by atoms with Gasteiger partial charge in [0.25, 0.3) is 11.6 Å². The van der Waals surface area contributed by atoms with Gasteiger partial charge in [0.1, 0.15) is 0 Å². The summed E-state index contributed by atoms with van der Waals surface area (Å²) < 4.78 is 7.21. The SMILES string of the molecule is CCn1c2ccccc2c2cc(NC(=O)COC(=O)C=Cc3ccc([N+](=O)[O-])cc3)ccc21. The first-order valence-corrected chi connectivity index (χ1v) is 10.4. The molecule has 0 spiro atoms. The van der Waals surface area contributed by atoms with Crippen molar-refractivity contribution in [2.45, 2.75) is 13.5 Å². The number of nitrogens with zero attached hydrogens (tertiary/aromatic N) is 2. The second-order valence-corrected chi connectivity index (χ2v) is 7.33. The smallest absolute Gasteiger partial charge is 0.331 e. The highest BCUT2D eigenvalue weighted by Gasteiger charge is 2.11. The van der Waals surface area contributed by atoms with Gasteiger partial charge in [-0.05, 0) is 55.0 Å². The molecular weight excluding hydrogens is 422 g/mol. The summed E-state index contributed by atoms with van der Waals surface area (Å²) in [6.45, 7) is 2.49. The van der Waals surface area contributed by atoms with Gasteiger partial charge in [0.05, 0.1) is 4.92 Å². The molecule has 4 rings (SSSR count). The average molecular weight is 443 g/mol. The van der Waals surface area contributed by atoms with Crippen molar-refractivity contribution in [1.29, 1.82) is 0 Å². The summed E-state index contributed by atoms with van der Waals surface area (Å²) in [5.41, 5.74) is 3.39. The Morgan fingerprint density at radius 3 is 2.48 bits per heavy atom. The van der Waals surface area contributed by atoms with Crippen LogP contribution in [0.5, 0.6) is 0 Å². The molecule has 0 bridgehead atoms. The van der Waals surface area contributed by atoms with Gasteiger partial charge in [-0.2, -0.15) is 0 Å². The quantitative estimate of drug-likeness (QED) is 0.189. The van der Waals surface area contributed by atoms with Crippen molar-refractivity contribution >= 4 is 51.1 Å². The first-order valence-electron chi connectivity index (χ1n) is 10.4. The van der Waals surface area contributed by atoms with E-state index in [-0.39, 0.29) is 5.69 Å². The van der Waals surface area contributed by atoms with E-state index in [1.54, 1.807) is 0 Å². The molecule has 8 heteroatoms. The predicted molar refractivity (Wildman–Crippen MR) is 127 cm³/mol. The van der Waals surface area contributed by atoms with E-state index in [2.05, 4.69) is 28.9 Å². The number of carbonyl (C=O) groups is 2. The van der Waals surface area contributed by atoms with E-state index in [0.717, 1.165) is 28.4 Å². The minimum Gasteiger partial charge on any atom is -0.452 e. The van der Waals surface area contributed by atoms with Gasteiger partial charge in [-0.1, -0.05) is 18.2 Å². The number of aromatic nitrogens is 1. The van der Waals surface area contributed by atoms with E-state index in [9.17, 15) is 19.7 Å². The molecule has 1 heterocycles. The van der Waals surface area contributed by atoms with Crippen LogP contribution in [-0.2, 0) is 20.9 Å². The molecule has 1 amide bonds. The summed E-state index contributed by atoms with van der Waals surface area (Å²) in [7, 11) is 0. The Morgan fingerprint density at radius 2 is 1.76 bits per heavy atom. The monoisotopic (exact) mass is 443 g/mol. The van der Waals surface area contributed by atoms with Crippen molar-refractivity contribution in [2.75, 3.05) is 11.9 Å². The van der Waals surface area contributed by atoms with Gasteiger partial charge < -0.3 is 14.6 Å². The topological polar surface area (TPSA) is 103 Å². The fraction of sp³-hybridized carbons (Fsp3) is 0.120. The number of nitro groups is 1. The van der Waals surface area contributed by atoms with Gasteiger partial charge >= 0.3 is 5.97 Å². The van der Waals surface area contributed by atoms with Gasteiger partial charge in [0, 0.05) is 52.2 Å². The summed E-state index contributed by atoms with van der Waals surface area (Å²) in [6.07, 6.45) is 2.63. The number of non-ortho nitro benzene ring substituents is 1. The number of carbonyl (C=O) groups excluding carboxylic acids is 2. The zero-order chi connectivity index (χ0) is 23.4. The van der Waals surface area contributed by atoms with Crippen LogP contribution in [0.1, 0.15) is 12.5 Å². The molecule has 33 heavy (non-hydrogen) atoms. The summed E-state index contributed by atoms with van der Waals surface area (Å²) in [6, 6.07) is 19.5. The van der Waals surface area contributed by atoms with E-state index < -0.39 is 23.4 Å². The molecule has 0 aliphatic rings. The van der Waals surface area contributed by atoms with Crippen LogP contribution in [0.15, 0.2) is 72.8 Å². The number of hydrogen-bond donors (Lipinski definition) is 1. The third kappa shape index (κ3) is 4.74. The van der Waals surface area contributed by atoms with Crippen LogP contribution in [-0.4, -0.2) is 28.0 Å². The molecule has 1 N–H and O–H groups in total. The Bertz CT molecular complexity index is 1390. The van der Waals surface area contributed by atoms with Gasteiger partial charge in [0.15, 0.2) is 6.61 Å². The molecule has 0 fully saturated rings. The Morgan fingerprint density at radius 1 is 1.03 bits per heavy atom. The summed E-state index contributed by atoms with van der Waals surface area (Å²) in [4.78, 5) is 34.3. The summed E-state index contributed by atoms with van der Waals surface area (Å²) >= 11 is 0. The van der Waals surface area contributed by atoms with Crippen LogP contribution in [0.25, 0.3) is 27.9 Å². The molecule has 166 valence electrons. The highest BCUT2D eigenvalue weighted by Crippen LogP contribution is 2.30. The third-order valence-electron chi connectivity index (χ3n) is 5.23. The molecule has 0 radical (unpaired) electrons. The third-order valence-corrected chi connectivity index (χ3v) is 5.23. The lowest BCUT2D eigenvalue weighted by atomic mass is 10.1. The number of aryl methyl sites for hydroxylation is 1. The van der Waals surface area contributed by atoms with Crippen molar-refractivity contribution in [3.8, 4) is 0 Å². The number of fused-ring (bicyclic) bond motifs is 3. The lowest BCUT2D eigenvalue weighted by Gasteiger charge is -2.07. The molecule has 0 aliphatic carbocycles. The number of amides is 1. The number of nitro benzene ring substituents is 1. The van der Waals surface area contributed by atoms with Crippen LogP contribution in [0.4, 0.5) is 11.4 Å². The summed E-state index contributed by atoms with van der Waals surface area (Å²) in [5.74, 6) is -1.14. The molecule has 0 saturated carbocycles. The largest absolute Gasteiger partial charge is 0.452 e. The first kappa shape index (κ1) is 21.8. The maximum atomic E-state index is 12.3. The van der Waals surface area contributed by atoms with Crippen molar-refractivity contribution < 1.29 is 19.2 Å². The van der Waals surface area contributed by atoms with Crippen molar-refractivity contribution in [2.24, 2.45) is 0 Å². The molecule has 8 nitrogen and oxygen atoms in total. The number of ether oxygens (including phenoxy) is 1. The molecule has 1 aromatic heterocycles. The molecular formula is C25H21N3O5. The molecule has 0 atom stereocenters. The molecule has 0 saturated heterocycles. The van der Waals surface area contributed by atoms with Crippen LogP contribution in [0.2, 0.25) is 0 Å². The standard InChI is InChI=1S/C25H21N3O5/c1-2-27-22-6-4-3-5-20(22)21-15-18(10-13-23(21)27)26-24(29)16-33-25(30)14-9-17-7-11-19(12-8-17)28(31)32/h3-15H,2,16H2,1H3,(H,26,29). The van der Waals surface area contributed by atoms with E-state index in [4.69, 9.17) is 4.74 Å². The zero-order valence-corrected chi connectivity index (χ0v) is 17.9. The zero-order valence-electron chi connectivity index (χ0n) is 17.9. The lowest BCUT2D eigenvalue weighted by molar-refractivity contribution is -0.384. The lowest BCUT2D eigenvalue weighted by Crippen LogP contribution is -2.20. The van der Waals surface area contributed by atoms with Gasteiger partial charge in [0.2, 0.25) is 0 Å². The van der Waals surface area contributed by atoms with Gasteiger partial charge in [-0.25, -0.2) is 4.79 Å². The fourth-order valence-corrected chi connectivity index (χ4v) is 3.73. The normalized spacial score (nSPS) is 11.2. The minimum absolute atomic E-state index is 0.0381. The average Bonchev–Trinajstić information content (AvgIpc) is 3.14. The van der Waals surface area contributed by atoms with Crippen LogP contribution in [0, 0.1) is 10.1 Å². The Kier molecular flexibility index (Phi) is 6.17. The highest BCUT2D eigenvalue weighted by atomic mass is 16.6. The number of esters is 1. The number of rotatable bonds is 7. The van der Waals surface area contributed by atoms with Crippen molar-refractivity contribution in [3.05, 3.63) is 88.5 Å². The number of nitrogens with one attached hydrogen (secondary N) is 1. The molecule has 0 aliphatic heterocycles. The van der Waals surface area contributed by atoms with Crippen LogP contribution >= 0.6 is 0 Å². The summed E-state index contributed by atoms with van der Waals surface area (Å²) in [5, 5.41) is 15.6. The number of para-hydroxylation sites is 1. The van der Waals surface area contributed by atoms with Gasteiger partial charge in [-0.15, -0.1) is 0 Å². The first-order chi connectivity index (χ1) is 16.0. The van der Waals surface area contributed by atoms with E-state index in [0.29, 0.717) is 11.3 Å². The Labute approximate surface area is 189 Å². The Hall–Kier alpha value is -4.46. The van der Waals surface area contributed by atoms with Crippen LogP contribution < -0.4 is 5.32 Å². The molecule has 4 aromatic rings. The van der Waals surface area contributed by atoms with Crippen molar-refractivity contribution in [1.82, 2.24) is 4.57 Å². The molecule has 3 aromatic carbocycles. The number of hydrogen-bond acceptors (Lipinski definition) is 5. The highest BCUT2D eigenvalue weighted by molar-refractivity contribution is 6.09. The number of anilines is 1.